The number of hydrogen-bond donors (Lipinski definition) is 1. The van der Waals surface area contributed by atoms with E-state index >= 15 is 0 Å². The summed E-state index contributed by atoms with van der Waals surface area (Å²) in [7, 11) is 1.00. The molecule has 0 amide bonds. The maximum atomic E-state index is 7.00. The molecule has 0 aromatic carbocycles. The quantitative estimate of drug-likeness (QED) is 0.536. The highest BCUT2D eigenvalue weighted by molar-refractivity contribution is 4.72. The maximum Gasteiger partial charge on any atom is 0.0627 e. The lowest BCUT2D eigenvalue weighted by atomic mass is 10.1. The summed E-state index contributed by atoms with van der Waals surface area (Å²) in [6, 6.07) is 0. The molecule has 1 heterocycles. The minimum Gasteiger partial charge on any atom is -0.400 e. The predicted octanol–water partition coefficient (Wildman–Crippen LogP) is 1.18. The van der Waals surface area contributed by atoms with Gasteiger partial charge in [-0.1, -0.05) is 0 Å². The Balaban J connectivity index is 0.000000291. The summed E-state index contributed by atoms with van der Waals surface area (Å²) in [4.78, 5) is 0. The van der Waals surface area contributed by atoms with Crippen LogP contribution in [-0.2, 0) is 4.74 Å². The van der Waals surface area contributed by atoms with E-state index in [1.54, 1.807) is 0 Å². The van der Waals surface area contributed by atoms with E-state index in [4.69, 9.17) is 9.84 Å². The Morgan fingerprint density at radius 1 is 1.33 bits per heavy atom. The fourth-order valence-electron chi connectivity index (χ4n) is 0.919. The van der Waals surface area contributed by atoms with Crippen molar-refractivity contribution in [2.75, 3.05) is 13.7 Å². The van der Waals surface area contributed by atoms with Crippen LogP contribution >= 0.6 is 0 Å². The summed E-state index contributed by atoms with van der Waals surface area (Å²) >= 11 is 0. The molecule has 2 nitrogen and oxygen atoms in total. The van der Waals surface area contributed by atoms with Gasteiger partial charge in [-0.25, -0.2) is 0 Å². The van der Waals surface area contributed by atoms with Gasteiger partial charge in [0.05, 0.1) is 5.60 Å². The van der Waals surface area contributed by atoms with Gasteiger partial charge in [-0.2, -0.15) is 0 Å². The lowest BCUT2D eigenvalue weighted by Crippen LogP contribution is -2.15. The van der Waals surface area contributed by atoms with Gasteiger partial charge in [-0.15, -0.1) is 0 Å². The third kappa shape index (κ3) is 3.49. The van der Waals surface area contributed by atoms with Crippen molar-refractivity contribution in [1.82, 2.24) is 0 Å². The van der Waals surface area contributed by atoms with Gasteiger partial charge in [0.2, 0.25) is 0 Å². The van der Waals surface area contributed by atoms with E-state index in [2.05, 4.69) is 13.8 Å². The van der Waals surface area contributed by atoms with Gasteiger partial charge in [-0.3, -0.25) is 0 Å². The minimum absolute atomic E-state index is 0.194. The standard InChI is InChI=1S/C6H12O.CH4O/c1-6(2)4-3-5-7-6;1-2/h3-5H2,1-2H3;2H,1H3. The topological polar surface area (TPSA) is 29.5 Å². The van der Waals surface area contributed by atoms with Crippen LogP contribution in [0.1, 0.15) is 26.7 Å². The zero-order chi connectivity index (χ0) is 7.33. The Bertz CT molecular complexity index is 61.3. The first-order valence-electron chi connectivity index (χ1n) is 3.29. The minimum atomic E-state index is 0.194. The molecule has 1 aliphatic heterocycles. The Labute approximate surface area is 56.8 Å². The number of ether oxygens (including phenoxy) is 1. The highest BCUT2D eigenvalue weighted by atomic mass is 16.5. The first-order chi connectivity index (χ1) is 4.21. The molecule has 1 rings (SSSR count). The molecule has 9 heavy (non-hydrogen) atoms. The van der Waals surface area contributed by atoms with Crippen LogP contribution in [-0.4, -0.2) is 24.4 Å². The normalized spacial score (nSPS) is 22.7. The van der Waals surface area contributed by atoms with Crippen LogP contribution in [0.3, 0.4) is 0 Å². The zero-order valence-corrected chi connectivity index (χ0v) is 6.48. The van der Waals surface area contributed by atoms with Crippen LogP contribution in [0.2, 0.25) is 0 Å². The molecule has 1 N–H and O–H groups in total. The van der Waals surface area contributed by atoms with Crippen LogP contribution in [0.4, 0.5) is 0 Å². The van der Waals surface area contributed by atoms with Crippen molar-refractivity contribution in [3.05, 3.63) is 0 Å². The van der Waals surface area contributed by atoms with Gasteiger partial charge in [0, 0.05) is 13.7 Å². The molecule has 1 aliphatic rings. The van der Waals surface area contributed by atoms with Crippen LogP contribution in [0, 0.1) is 0 Å². The molecule has 0 spiro atoms. The lowest BCUT2D eigenvalue weighted by molar-refractivity contribution is 0.0367. The van der Waals surface area contributed by atoms with E-state index in [1.165, 1.54) is 12.8 Å². The zero-order valence-electron chi connectivity index (χ0n) is 6.48. The maximum absolute atomic E-state index is 7.00. The number of aliphatic hydroxyl groups is 1. The second kappa shape index (κ2) is 3.85. The van der Waals surface area contributed by atoms with Crippen molar-refractivity contribution in [2.24, 2.45) is 0 Å². The van der Waals surface area contributed by atoms with E-state index < -0.39 is 0 Å². The second-order valence-corrected chi connectivity index (χ2v) is 2.71. The van der Waals surface area contributed by atoms with Gasteiger partial charge in [0.15, 0.2) is 0 Å². The summed E-state index contributed by atoms with van der Waals surface area (Å²) < 4.78 is 5.34. The Hall–Kier alpha value is -0.0800. The summed E-state index contributed by atoms with van der Waals surface area (Å²) in [5.41, 5.74) is 0.194. The molecule has 0 aromatic rings. The molecule has 0 unspecified atom stereocenters. The predicted molar refractivity (Wildman–Crippen MR) is 37.4 cm³/mol. The van der Waals surface area contributed by atoms with Gasteiger partial charge in [-0.05, 0) is 26.7 Å². The van der Waals surface area contributed by atoms with Crippen molar-refractivity contribution in [3.8, 4) is 0 Å². The molecule has 0 radical (unpaired) electrons. The Morgan fingerprint density at radius 2 is 1.89 bits per heavy atom. The summed E-state index contributed by atoms with van der Waals surface area (Å²) in [5.74, 6) is 0. The molecule has 2 heteroatoms. The van der Waals surface area contributed by atoms with Crippen LogP contribution in [0.5, 0.6) is 0 Å². The molecule has 0 aliphatic carbocycles. The fraction of sp³-hybridized carbons (Fsp3) is 1.00. The van der Waals surface area contributed by atoms with Crippen molar-refractivity contribution in [3.63, 3.8) is 0 Å². The first kappa shape index (κ1) is 8.92. The van der Waals surface area contributed by atoms with Gasteiger partial charge >= 0.3 is 0 Å². The van der Waals surface area contributed by atoms with E-state index in [0.717, 1.165) is 13.7 Å². The van der Waals surface area contributed by atoms with Crippen molar-refractivity contribution >= 4 is 0 Å². The average molecular weight is 132 g/mol. The number of rotatable bonds is 0. The van der Waals surface area contributed by atoms with Crippen LogP contribution in [0.25, 0.3) is 0 Å². The van der Waals surface area contributed by atoms with Crippen molar-refractivity contribution in [1.29, 1.82) is 0 Å². The van der Waals surface area contributed by atoms with Gasteiger partial charge < -0.3 is 9.84 Å². The molecule has 0 aromatic heterocycles. The van der Waals surface area contributed by atoms with Crippen molar-refractivity contribution < 1.29 is 9.84 Å². The van der Waals surface area contributed by atoms with Gasteiger partial charge in [0.25, 0.3) is 0 Å². The number of aliphatic hydroxyl groups excluding tert-OH is 1. The third-order valence-corrected chi connectivity index (χ3v) is 1.42. The largest absolute Gasteiger partial charge is 0.400 e. The molecule has 1 saturated heterocycles. The first-order valence-corrected chi connectivity index (χ1v) is 3.29. The van der Waals surface area contributed by atoms with Crippen LogP contribution < -0.4 is 0 Å². The number of hydrogen-bond acceptors (Lipinski definition) is 2. The molecule has 0 atom stereocenters. The summed E-state index contributed by atoms with van der Waals surface area (Å²) in [5, 5.41) is 7.00. The van der Waals surface area contributed by atoms with Crippen molar-refractivity contribution in [2.45, 2.75) is 32.3 Å². The van der Waals surface area contributed by atoms with E-state index in [-0.39, 0.29) is 5.60 Å². The average Bonchev–Trinajstić information content (AvgIpc) is 2.19. The van der Waals surface area contributed by atoms with E-state index in [9.17, 15) is 0 Å². The molecule has 0 bridgehead atoms. The summed E-state index contributed by atoms with van der Waals surface area (Å²) in [6.45, 7) is 5.24. The fourth-order valence-corrected chi connectivity index (χ4v) is 0.919. The Morgan fingerprint density at radius 3 is 2.00 bits per heavy atom. The molecular formula is C7H16O2. The lowest BCUT2D eigenvalue weighted by Gasteiger charge is -2.14. The highest BCUT2D eigenvalue weighted by Gasteiger charge is 2.22. The monoisotopic (exact) mass is 132 g/mol. The highest BCUT2D eigenvalue weighted by Crippen LogP contribution is 2.22. The van der Waals surface area contributed by atoms with E-state index in [0.29, 0.717) is 0 Å². The third-order valence-electron chi connectivity index (χ3n) is 1.42. The molecule has 56 valence electrons. The second-order valence-electron chi connectivity index (χ2n) is 2.71. The smallest absolute Gasteiger partial charge is 0.0627 e. The van der Waals surface area contributed by atoms with E-state index in [1.807, 2.05) is 0 Å². The van der Waals surface area contributed by atoms with Gasteiger partial charge in [0.1, 0.15) is 0 Å². The SMILES string of the molecule is CC1(C)CCCO1.CO. The Kier molecular flexibility index (Phi) is 3.82. The molecular weight excluding hydrogens is 116 g/mol. The summed E-state index contributed by atoms with van der Waals surface area (Å²) in [6.07, 6.45) is 2.47. The molecule has 0 saturated carbocycles. The van der Waals surface area contributed by atoms with Crippen LogP contribution in [0.15, 0.2) is 0 Å². The molecule has 1 fully saturated rings.